The van der Waals surface area contributed by atoms with Crippen LogP contribution in [0.15, 0.2) is 11.6 Å². The number of ether oxygens (including phenoxy) is 1. The van der Waals surface area contributed by atoms with E-state index >= 15 is 0 Å². The maximum absolute atomic E-state index is 11.7. The van der Waals surface area contributed by atoms with E-state index in [4.69, 9.17) is 4.74 Å². The molecule has 0 aromatic rings. The zero-order chi connectivity index (χ0) is 12.3. The molecule has 0 amide bonds. The van der Waals surface area contributed by atoms with Crippen molar-refractivity contribution in [2.45, 2.75) is 53.6 Å². The monoisotopic (exact) mass is 224 g/mol. The maximum atomic E-state index is 11.7. The quantitative estimate of drug-likeness (QED) is 0.529. The molecule has 0 aromatic heterocycles. The van der Waals surface area contributed by atoms with Crippen molar-refractivity contribution in [2.24, 2.45) is 17.8 Å². The summed E-state index contributed by atoms with van der Waals surface area (Å²) in [7, 11) is 0. The largest absolute Gasteiger partial charge is 0.458 e. The lowest BCUT2D eigenvalue weighted by Crippen LogP contribution is -2.37. The van der Waals surface area contributed by atoms with Gasteiger partial charge in [0.15, 0.2) is 0 Å². The molecule has 92 valence electrons. The zero-order valence-corrected chi connectivity index (χ0v) is 11.1. The molecule has 2 heteroatoms. The molecule has 1 saturated carbocycles. The van der Waals surface area contributed by atoms with E-state index < -0.39 is 0 Å². The fraction of sp³-hybridized carbons (Fsp3) is 0.786. The minimum atomic E-state index is -0.152. The van der Waals surface area contributed by atoms with Crippen LogP contribution in [0, 0.1) is 17.8 Å². The van der Waals surface area contributed by atoms with Gasteiger partial charge in [0.2, 0.25) is 0 Å². The Bertz CT molecular complexity index is 268. The van der Waals surface area contributed by atoms with Crippen molar-refractivity contribution in [3.05, 3.63) is 11.6 Å². The van der Waals surface area contributed by atoms with Crippen LogP contribution >= 0.6 is 0 Å². The molecule has 0 aliphatic heterocycles. The summed E-state index contributed by atoms with van der Waals surface area (Å²) in [6.07, 6.45) is 4.23. The zero-order valence-electron chi connectivity index (χ0n) is 11.1. The van der Waals surface area contributed by atoms with Crippen molar-refractivity contribution in [3.63, 3.8) is 0 Å². The lowest BCUT2D eigenvalue weighted by atomic mass is 9.75. The van der Waals surface area contributed by atoms with Gasteiger partial charge < -0.3 is 4.74 Å². The summed E-state index contributed by atoms with van der Waals surface area (Å²) >= 11 is 0. The standard InChI is InChI=1S/C14H24O2/c1-6-10(3)14(15)16-13-11(4)7-9(2)8-12(13)5/h6,9,11-13H,7-8H2,1-5H3. The van der Waals surface area contributed by atoms with Gasteiger partial charge in [0.25, 0.3) is 0 Å². The molecule has 1 aliphatic rings. The van der Waals surface area contributed by atoms with Crippen molar-refractivity contribution in [2.75, 3.05) is 0 Å². The van der Waals surface area contributed by atoms with Crippen LogP contribution in [0.2, 0.25) is 0 Å². The smallest absolute Gasteiger partial charge is 0.333 e. The van der Waals surface area contributed by atoms with Gasteiger partial charge in [-0.2, -0.15) is 0 Å². The average molecular weight is 224 g/mol. The first-order valence-electron chi connectivity index (χ1n) is 6.29. The van der Waals surface area contributed by atoms with Gasteiger partial charge in [-0.05, 0) is 44.4 Å². The topological polar surface area (TPSA) is 26.3 Å². The van der Waals surface area contributed by atoms with Crippen LogP contribution in [0.3, 0.4) is 0 Å². The van der Waals surface area contributed by atoms with E-state index in [1.54, 1.807) is 0 Å². The van der Waals surface area contributed by atoms with Gasteiger partial charge in [-0.3, -0.25) is 0 Å². The molecule has 1 aliphatic carbocycles. The summed E-state index contributed by atoms with van der Waals surface area (Å²) in [6.45, 7) is 10.3. The number of carbonyl (C=O) groups excluding carboxylic acids is 1. The molecule has 0 heterocycles. The summed E-state index contributed by atoms with van der Waals surface area (Å²) in [5, 5.41) is 0. The van der Waals surface area contributed by atoms with Crippen LogP contribution in [-0.4, -0.2) is 12.1 Å². The minimum absolute atomic E-state index is 0.0959. The van der Waals surface area contributed by atoms with Crippen LogP contribution in [0.4, 0.5) is 0 Å². The number of esters is 1. The Labute approximate surface area is 99.1 Å². The highest BCUT2D eigenvalue weighted by Gasteiger charge is 2.34. The Morgan fingerprint density at radius 1 is 1.19 bits per heavy atom. The predicted molar refractivity (Wildman–Crippen MR) is 66.0 cm³/mol. The lowest BCUT2D eigenvalue weighted by molar-refractivity contribution is -0.152. The third-order valence-corrected chi connectivity index (χ3v) is 3.67. The number of hydrogen-bond donors (Lipinski definition) is 0. The fourth-order valence-electron chi connectivity index (χ4n) is 2.76. The van der Waals surface area contributed by atoms with E-state index in [1.807, 2.05) is 19.9 Å². The van der Waals surface area contributed by atoms with E-state index in [0.29, 0.717) is 17.4 Å². The van der Waals surface area contributed by atoms with E-state index in [-0.39, 0.29) is 12.1 Å². The highest BCUT2D eigenvalue weighted by atomic mass is 16.5. The Balaban J connectivity index is 2.62. The molecule has 2 nitrogen and oxygen atoms in total. The normalized spacial score (nSPS) is 35.9. The number of hydrogen-bond acceptors (Lipinski definition) is 2. The summed E-state index contributed by atoms with van der Waals surface area (Å²) < 4.78 is 5.61. The van der Waals surface area contributed by atoms with Crippen LogP contribution in [0.5, 0.6) is 0 Å². The maximum Gasteiger partial charge on any atom is 0.333 e. The molecule has 2 atom stereocenters. The minimum Gasteiger partial charge on any atom is -0.458 e. The summed E-state index contributed by atoms with van der Waals surface area (Å²) in [5.74, 6) is 1.56. The van der Waals surface area contributed by atoms with Crippen molar-refractivity contribution in [3.8, 4) is 0 Å². The molecular formula is C14H24O2. The van der Waals surface area contributed by atoms with Crippen LogP contribution in [-0.2, 0) is 9.53 Å². The first-order valence-corrected chi connectivity index (χ1v) is 6.29. The average Bonchev–Trinajstić information content (AvgIpc) is 2.21. The Hall–Kier alpha value is -0.790. The third-order valence-electron chi connectivity index (χ3n) is 3.67. The first kappa shape index (κ1) is 13.3. The van der Waals surface area contributed by atoms with Gasteiger partial charge in [-0.25, -0.2) is 4.79 Å². The molecule has 2 unspecified atom stereocenters. The molecule has 0 bridgehead atoms. The van der Waals surface area contributed by atoms with Crippen LogP contribution < -0.4 is 0 Å². The second-order valence-electron chi connectivity index (χ2n) is 5.37. The molecule has 16 heavy (non-hydrogen) atoms. The van der Waals surface area contributed by atoms with Crippen LogP contribution in [0.1, 0.15) is 47.5 Å². The third kappa shape index (κ3) is 3.10. The van der Waals surface area contributed by atoms with E-state index in [9.17, 15) is 4.79 Å². The van der Waals surface area contributed by atoms with Gasteiger partial charge in [-0.15, -0.1) is 0 Å². The molecule has 0 spiro atoms. The van der Waals surface area contributed by atoms with E-state index in [2.05, 4.69) is 20.8 Å². The molecular weight excluding hydrogens is 200 g/mol. The van der Waals surface area contributed by atoms with Crippen LogP contribution in [0.25, 0.3) is 0 Å². The van der Waals surface area contributed by atoms with E-state index in [1.165, 1.54) is 0 Å². The number of allylic oxidation sites excluding steroid dienone is 1. The number of carbonyl (C=O) groups is 1. The second-order valence-corrected chi connectivity index (χ2v) is 5.37. The van der Waals surface area contributed by atoms with Gasteiger partial charge in [0.05, 0.1) is 0 Å². The van der Waals surface area contributed by atoms with Gasteiger partial charge in [0, 0.05) is 5.57 Å². The highest BCUT2D eigenvalue weighted by Crippen LogP contribution is 2.35. The Morgan fingerprint density at radius 2 is 1.69 bits per heavy atom. The van der Waals surface area contributed by atoms with Crippen molar-refractivity contribution in [1.29, 1.82) is 0 Å². The van der Waals surface area contributed by atoms with Gasteiger partial charge in [0.1, 0.15) is 6.10 Å². The molecule has 1 fully saturated rings. The van der Waals surface area contributed by atoms with Crippen molar-refractivity contribution in [1.82, 2.24) is 0 Å². The fourth-order valence-corrected chi connectivity index (χ4v) is 2.76. The highest BCUT2D eigenvalue weighted by molar-refractivity contribution is 5.87. The van der Waals surface area contributed by atoms with Crippen molar-refractivity contribution >= 4 is 5.97 Å². The molecule has 0 radical (unpaired) electrons. The lowest BCUT2D eigenvalue weighted by Gasteiger charge is -2.37. The summed E-state index contributed by atoms with van der Waals surface area (Å²) in [4.78, 5) is 11.7. The van der Waals surface area contributed by atoms with Gasteiger partial charge >= 0.3 is 5.97 Å². The predicted octanol–water partition coefficient (Wildman–Crippen LogP) is 3.57. The van der Waals surface area contributed by atoms with E-state index in [0.717, 1.165) is 18.8 Å². The molecule has 0 aromatic carbocycles. The summed E-state index contributed by atoms with van der Waals surface area (Å²) in [5.41, 5.74) is 0.707. The second kappa shape index (κ2) is 5.51. The molecule has 0 N–H and O–H groups in total. The Morgan fingerprint density at radius 3 is 2.12 bits per heavy atom. The van der Waals surface area contributed by atoms with Gasteiger partial charge in [-0.1, -0.05) is 26.8 Å². The first-order chi connectivity index (χ1) is 7.45. The molecule has 0 saturated heterocycles. The SMILES string of the molecule is CC=C(C)C(=O)OC1C(C)CC(C)CC1C. The van der Waals surface area contributed by atoms with Crippen molar-refractivity contribution < 1.29 is 9.53 Å². The number of rotatable bonds is 2. The summed E-state index contributed by atoms with van der Waals surface area (Å²) in [6, 6.07) is 0. The molecule has 1 rings (SSSR count). The Kier molecular flexibility index (Phi) is 4.57.